The fourth-order valence-corrected chi connectivity index (χ4v) is 9.95. The van der Waals surface area contributed by atoms with E-state index in [1.165, 1.54) is 9.80 Å². The molecule has 2 saturated carbocycles. The highest BCUT2D eigenvalue weighted by Crippen LogP contribution is 2.41. The first-order valence-electron chi connectivity index (χ1n) is 23.0. The van der Waals surface area contributed by atoms with Gasteiger partial charge in [-0.3, -0.25) is 34.0 Å². The van der Waals surface area contributed by atoms with E-state index in [0.29, 0.717) is 38.5 Å². The van der Waals surface area contributed by atoms with E-state index in [-0.39, 0.29) is 75.6 Å². The van der Waals surface area contributed by atoms with Gasteiger partial charge in [0, 0.05) is 32.1 Å². The number of amides is 5. The minimum absolute atomic E-state index is 0.00299. The topological polar surface area (TPSA) is 340 Å². The molecule has 0 unspecified atom stereocenters. The first kappa shape index (κ1) is 49.5. The predicted molar refractivity (Wildman–Crippen MR) is 240 cm³/mol. The zero-order valence-corrected chi connectivity index (χ0v) is 36.9. The number of aliphatic hydroxyl groups excluding tert-OH is 1. The van der Waals surface area contributed by atoms with E-state index in [1.807, 2.05) is 24.3 Å². The molecule has 7 atom stereocenters. The monoisotopic (exact) mass is 895 g/mol. The van der Waals surface area contributed by atoms with Crippen LogP contribution < -0.4 is 44.6 Å². The lowest BCUT2D eigenvalue weighted by Gasteiger charge is -2.42. The molecule has 1 aromatic rings. The van der Waals surface area contributed by atoms with Gasteiger partial charge in [0.1, 0.15) is 29.7 Å². The molecule has 1 aromatic carbocycles. The number of nitrogens with two attached hydrogens (primary N) is 5. The quantitative estimate of drug-likeness (QED) is 0.0509. The van der Waals surface area contributed by atoms with Gasteiger partial charge in [-0.15, -0.1) is 0 Å². The summed E-state index contributed by atoms with van der Waals surface area (Å²) in [6, 6.07) is 1.37. The second kappa shape index (κ2) is 23.4. The van der Waals surface area contributed by atoms with Crippen molar-refractivity contribution in [3.8, 4) is 0 Å². The lowest BCUT2D eigenvalue weighted by molar-refractivity contribution is -0.156. The highest BCUT2D eigenvalue weighted by molar-refractivity contribution is 5.98. The maximum atomic E-state index is 14.8. The molecule has 4 aliphatic rings. The smallest absolute Gasteiger partial charge is 0.326 e. The summed E-state index contributed by atoms with van der Waals surface area (Å²) in [6.07, 6.45) is 9.81. The van der Waals surface area contributed by atoms with Crippen LogP contribution in [0.4, 0.5) is 0 Å². The lowest BCUT2D eigenvalue weighted by Crippen LogP contribution is -2.66. The molecule has 1 saturated heterocycles. The first-order valence-corrected chi connectivity index (χ1v) is 23.0. The van der Waals surface area contributed by atoms with Gasteiger partial charge < -0.3 is 64.6 Å². The molecular formula is C44H70N12O8. The van der Waals surface area contributed by atoms with Gasteiger partial charge in [-0.05, 0) is 74.8 Å². The number of carboxylic acids is 1. The number of aliphatic carboxylic acids is 1. The maximum absolute atomic E-state index is 14.8. The van der Waals surface area contributed by atoms with Gasteiger partial charge in [0.15, 0.2) is 11.9 Å². The van der Waals surface area contributed by atoms with Crippen molar-refractivity contribution in [2.24, 2.45) is 44.6 Å². The van der Waals surface area contributed by atoms with E-state index < -0.39 is 77.9 Å². The zero-order chi connectivity index (χ0) is 46.4. The van der Waals surface area contributed by atoms with E-state index >= 15 is 0 Å². The third-order valence-corrected chi connectivity index (χ3v) is 13.4. The Kier molecular flexibility index (Phi) is 18.1. The summed E-state index contributed by atoms with van der Waals surface area (Å²) < 4.78 is 0. The van der Waals surface area contributed by atoms with Crippen LogP contribution in [0.1, 0.15) is 120 Å². The van der Waals surface area contributed by atoms with Crippen LogP contribution in [0.5, 0.6) is 0 Å². The van der Waals surface area contributed by atoms with E-state index in [1.54, 1.807) is 0 Å². The molecular weight excluding hydrogens is 825 g/mol. The molecule has 20 heteroatoms. The Bertz CT molecular complexity index is 1860. The molecule has 354 valence electrons. The van der Waals surface area contributed by atoms with Crippen molar-refractivity contribution in [3.05, 3.63) is 35.4 Å². The van der Waals surface area contributed by atoms with Crippen LogP contribution in [0.3, 0.4) is 0 Å². The molecule has 20 nitrogen and oxygen atoms in total. The Morgan fingerprint density at radius 2 is 1.38 bits per heavy atom. The largest absolute Gasteiger partial charge is 0.480 e. The van der Waals surface area contributed by atoms with Crippen molar-refractivity contribution < 1.29 is 39.0 Å². The Morgan fingerprint density at radius 1 is 0.766 bits per heavy atom. The number of likely N-dealkylation sites (tertiary alicyclic amines) is 1. The van der Waals surface area contributed by atoms with E-state index in [0.717, 1.165) is 56.1 Å². The number of aliphatic imine (C=N–C) groups is 2. The van der Waals surface area contributed by atoms with Gasteiger partial charge in [0.05, 0.1) is 12.6 Å². The van der Waals surface area contributed by atoms with Crippen LogP contribution in [0.25, 0.3) is 0 Å². The number of benzene rings is 1. The number of guanidine groups is 2. The molecule has 0 spiro atoms. The number of rotatable bonds is 18. The molecule has 2 aliphatic heterocycles. The lowest BCUT2D eigenvalue weighted by atomic mass is 9.84. The number of hydrogen-bond acceptors (Lipinski definition) is 10. The Labute approximate surface area is 374 Å². The fourth-order valence-electron chi connectivity index (χ4n) is 9.95. The van der Waals surface area contributed by atoms with Crippen LogP contribution in [0.15, 0.2) is 34.3 Å². The molecule has 2 heterocycles. The van der Waals surface area contributed by atoms with Gasteiger partial charge >= 0.3 is 5.97 Å². The SMILES string of the molecule is NC(N)=NCCC[C@@H](N)C(=O)N[C@@H](CCCN=C(N)N)C(=O)NC1(C(=O)N[C@@H](CO)C(=O)N2Cc3ccccc3C[C@@H]2C(=O)N2[C@H](C(=O)O)C[C@@H]3CCCC[C@@H]32)CCCCCCCC1. The predicted octanol–water partition coefficient (Wildman–Crippen LogP) is -0.430. The summed E-state index contributed by atoms with van der Waals surface area (Å²) in [5.74, 6) is -4.37. The second-order valence-corrected chi connectivity index (χ2v) is 17.9. The van der Waals surface area contributed by atoms with Crippen molar-refractivity contribution in [2.75, 3.05) is 19.7 Å². The van der Waals surface area contributed by atoms with Crippen LogP contribution >= 0.6 is 0 Å². The summed E-state index contributed by atoms with van der Waals surface area (Å²) in [6.45, 7) is -0.395. The van der Waals surface area contributed by atoms with Crippen LogP contribution in [0.2, 0.25) is 0 Å². The normalized spacial score (nSPS) is 23.2. The van der Waals surface area contributed by atoms with Gasteiger partial charge in [-0.1, -0.05) is 75.6 Å². The van der Waals surface area contributed by atoms with Gasteiger partial charge in [0.25, 0.3) is 0 Å². The number of hydrogen-bond donors (Lipinski definition) is 10. The molecule has 0 radical (unpaired) electrons. The molecule has 0 aromatic heterocycles. The molecule has 64 heavy (non-hydrogen) atoms. The third-order valence-electron chi connectivity index (χ3n) is 13.4. The van der Waals surface area contributed by atoms with Crippen molar-refractivity contribution in [3.63, 3.8) is 0 Å². The molecule has 3 fully saturated rings. The van der Waals surface area contributed by atoms with E-state index in [2.05, 4.69) is 25.9 Å². The number of nitrogens with zero attached hydrogens (tertiary/aromatic N) is 4. The summed E-state index contributed by atoms with van der Waals surface area (Å²) in [4.78, 5) is 95.5. The van der Waals surface area contributed by atoms with Crippen LogP contribution in [-0.2, 0) is 41.7 Å². The Balaban J connectivity index is 1.40. The van der Waals surface area contributed by atoms with E-state index in [4.69, 9.17) is 28.7 Å². The molecule has 0 bridgehead atoms. The summed E-state index contributed by atoms with van der Waals surface area (Å²) >= 11 is 0. The Morgan fingerprint density at radius 3 is 2.00 bits per heavy atom. The standard InChI is InChI=1S/C44H70N12O8/c45-30(16-11-21-50-42(46)47)36(58)52-31(17-12-22-51-43(48)49)37(59)54-44(19-9-3-1-2-4-10-20-44)41(64)53-32(26-57)38(60)55-25-29-15-6-5-13-27(29)23-34(55)39(61)56-33-18-8-7-14-28(33)24-35(56)40(62)63/h5-6,13,15,28,30-35,57H,1-4,7-12,14,16-26,45H2,(H,52,58)(H,53,64)(H,54,59)(H,62,63)(H4,46,47,50)(H4,48,49,51)/t28-,30+,31-,32-,33-,34+,35-/m0/s1. The van der Waals surface area contributed by atoms with Crippen molar-refractivity contribution in [1.29, 1.82) is 0 Å². The molecule has 15 N–H and O–H groups in total. The minimum Gasteiger partial charge on any atom is -0.480 e. The average molecular weight is 895 g/mol. The van der Waals surface area contributed by atoms with Gasteiger partial charge in [-0.2, -0.15) is 0 Å². The first-order chi connectivity index (χ1) is 30.6. The second-order valence-electron chi connectivity index (χ2n) is 17.9. The maximum Gasteiger partial charge on any atom is 0.326 e. The average Bonchev–Trinajstić information content (AvgIpc) is 3.72. The van der Waals surface area contributed by atoms with Crippen molar-refractivity contribution >= 4 is 47.4 Å². The van der Waals surface area contributed by atoms with Gasteiger partial charge in [-0.25, -0.2) is 4.79 Å². The Hall–Kier alpha value is -5.50. The van der Waals surface area contributed by atoms with Gasteiger partial charge in [0.2, 0.25) is 29.5 Å². The number of fused-ring (bicyclic) bond motifs is 2. The highest BCUT2D eigenvalue weighted by Gasteiger charge is 2.51. The number of carbonyl (C=O) groups is 6. The molecule has 5 rings (SSSR count). The zero-order valence-electron chi connectivity index (χ0n) is 36.9. The number of nitrogens with one attached hydrogen (secondary N) is 3. The van der Waals surface area contributed by atoms with Crippen molar-refractivity contribution in [1.82, 2.24) is 25.8 Å². The van der Waals surface area contributed by atoms with Crippen LogP contribution in [0, 0.1) is 5.92 Å². The van der Waals surface area contributed by atoms with Crippen LogP contribution in [-0.4, -0.2) is 129 Å². The fraction of sp³-hybridized carbons (Fsp3) is 0.682. The number of carbonyl (C=O) groups excluding carboxylic acids is 5. The highest BCUT2D eigenvalue weighted by atomic mass is 16.4. The summed E-state index contributed by atoms with van der Waals surface area (Å²) in [5.41, 5.74) is 28.1. The molecule has 2 aliphatic carbocycles. The summed E-state index contributed by atoms with van der Waals surface area (Å²) in [5, 5.41) is 29.7. The molecule has 5 amide bonds. The minimum atomic E-state index is -1.55. The van der Waals surface area contributed by atoms with Crippen molar-refractivity contribution in [2.45, 2.75) is 164 Å². The third kappa shape index (κ3) is 12.8. The summed E-state index contributed by atoms with van der Waals surface area (Å²) in [7, 11) is 0. The number of carboxylic acid groups (broad SMARTS) is 1. The number of aliphatic hydroxyl groups is 1. The van der Waals surface area contributed by atoms with E-state index in [9.17, 15) is 39.0 Å².